The molecule has 10 heavy (non-hydrogen) atoms. The Morgan fingerprint density at radius 1 is 1.50 bits per heavy atom. The number of hydrogen-bond acceptors (Lipinski definition) is 2. The third-order valence-electron chi connectivity index (χ3n) is 1.20. The van der Waals surface area contributed by atoms with Crippen molar-refractivity contribution in [3.63, 3.8) is 0 Å². The van der Waals surface area contributed by atoms with E-state index in [0.717, 1.165) is 11.3 Å². The normalized spacial score (nSPS) is 11.9. The van der Waals surface area contributed by atoms with Gasteiger partial charge in [0.25, 0.3) is 0 Å². The highest BCUT2D eigenvalue weighted by Gasteiger charge is 1.97. The van der Waals surface area contributed by atoms with Crippen LogP contribution in [0.5, 0.6) is 0 Å². The van der Waals surface area contributed by atoms with Gasteiger partial charge < -0.3 is 10.4 Å². The maximum Gasteiger partial charge on any atom is 0.336 e. The van der Waals surface area contributed by atoms with Crippen LogP contribution in [0.1, 0.15) is 13.8 Å². The molecule has 0 heterocycles. The molecule has 3 heteroatoms. The molecule has 0 unspecified atom stereocenters. The minimum atomic E-state index is 0.653. The predicted molar refractivity (Wildman–Crippen MR) is 45.8 cm³/mol. The lowest BCUT2D eigenvalue weighted by molar-refractivity contribution is 0.452. The molecule has 0 bridgehead atoms. The average molecular weight is 139 g/mol. The molecule has 2 nitrogen and oxygen atoms in total. The van der Waals surface area contributed by atoms with Gasteiger partial charge in [0.15, 0.2) is 0 Å². The van der Waals surface area contributed by atoms with E-state index < -0.39 is 0 Å². The first-order valence-electron chi connectivity index (χ1n) is 3.34. The van der Waals surface area contributed by atoms with Crippen LogP contribution < -0.4 is 5.73 Å². The Balaban J connectivity index is 4.19. The monoisotopic (exact) mass is 139 g/mol. The standard InChI is InChI=1S/C7H14BNO/c1-5(2)7(9)6(3)10-8-4/h8H,1,9H2,2-4H3/b7-6-. The van der Waals surface area contributed by atoms with Crippen LogP contribution in [0.3, 0.4) is 0 Å². The molecule has 0 amide bonds. The van der Waals surface area contributed by atoms with Crippen LogP contribution in [-0.4, -0.2) is 7.48 Å². The fourth-order valence-corrected chi connectivity index (χ4v) is 0.595. The molecule has 56 valence electrons. The molecule has 0 saturated carbocycles. The number of allylic oxidation sites excluding steroid dienone is 2. The second kappa shape index (κ2) is 4.04. The predicted octanol–water partition coefficient (Wildman–Crippen LogP) is 1.17. The van der Waals surface area contributed by atoms with E-state index in [4.69, 9.17) is 10.4 Å². The molecule has 0 spiro atoms. The molecular weight excluding hydrogens is 125 g/mol. The van der Waals surface area contributed by atoms with Gasteiger partial charge in [-0.25, -0.2) is 0 Å². The van der Waals surface area contributed by atoms with Gasteiger partial charge in [0.1, 0.15) is 0 Å². The zero-order valence-corrected chi connectivity index (χ0v) is 6.90. The Labute approximate surface area is 63.0 Å². The van der Waals surface area contributed by atoms with Crippen LogP contribution >= 0.6 is 0 Å². The summed E-state index contributed by atoms with van der Waals surface area (Å²) < 4.78 is 5.16. The van der Waals surface area contributed by atoms with Gasteiger partial charge in [-0.05, 0) is 19.4 Å². The molecule has 0 aromatic carbocycles. The molecule has 0 aromatic rings. The Bertz CT molecular complexity index is 163. The summed E-state index contributed by atoms with van der Waals surface area (Å²) in [6.07, 6.45) is 0. The quantitative estimate of drug-likeness (QED) is 0.361. The molecule has 0 fully saturated rings. The van der Waals surface area contributed by atoms with E-state index in [1.165, 1.54) is 0 Å². The Morgan fingerprint density at radius 2 is 2.00 bits per heavy atom. The number of nitrogens with two attached hydrogens (primary N) is 1. The summed E-state index contributed by atoms with van der Waals surface area (Å²) in [5.41, 5.74) is 7.11. The Morgan fingerprint density at radius 3 is 2.30 bits per heavy atom. The van der Waals surface area contributed by atoms with E-state index in [1.807, 2.05) is 20.7 Å². The second-order valence-electron chi connectivity index (χ2n) is 2.18. The highest BCUT2D eigenvalue weighted by molar-refractivity contribution is 6.25. The van der Waals surface area contributed by atoms with E-state index in [2.05, 4.69) is 6.58 Å². The van der Waals surface area contributed by atoms with Gasteiger partial charge in [-0.15, -0.1) is 0 Å². The summed E-state index contributed by atoms with van der Waals surface area (Å²) in [5, 5.41) is 0. The SMILES string of the molecule is C=C(C)/C(N)=C(\C)OBC. The maximum atomic E-state index is 5.60. The molecule has 0 aromatic heterocycles. The summed E-state index contributed by atoms with van der Waals surface area (Å²) in [5.74, 6) is 0.759. The summed E-state index contributed by atoms with van der Waals surface area (Å²) in [6.45, 7) is 9.32. The molecule has 0 rings (SSSR count). The zero-order chi connectivity index (χ0) is 8.15. The van der Waals surface area contributed by atoms with E-state index >= 15 is 0 Å². The van der Waals surface area contributed by atoms with Crippen LogP contribution in [0.25, 0.3) is 0 Å². The lowest BCUT2D eigenvalue weighted by Crippen LogP contribution is -2.04. The third-order valence-corrected chi connectivity index (χ3v) is 1.20. The van der Waals surface area contributed by atoms with Gasteiger partial charge >= 0.3 is 7.48 Å². The van der Waals surface area contributed by atoms with E-state index in [0.29, 0.717) is 13.2 Å². The minimum Gasteiger partial charge on any atom is -0.566 e. The summed E-state index contributed by atoms with van der Waals surface area (Å²) in [6, 6.07) is 0. The Hall–Kier alpha value is -0.855. The van der Waals surface area contributed by atoms with Crippen LogP contribution in [0.4, 0.5) is 0 Å². The first kappa shape index (κ1) is 9.14. The van der Waals surface area contributed by atoms with Crippen molar-refractivity contribution in [2.24, 2.45) is 5.73 Å². The second-order valence-corrected chi connectivity index (χ2v) is 2.18. The molecule has 0 aliphatic heterocycles. The molecule has 0 aliphatic carbocycles. The molecule has 0 atom stereocenters. The van der Waals surface area contributed by atoms with Gasteiger partial charge in [-0.2, -0.15) is 0 Å². The molecule has 0 saturated heterocycles. The van der Waals surface area contributed by atoms with Gasteiger partial charge in [-0.3, -0.25) is 0 Å². The van der Waals surface area contributed by atoms with Crippen molar-refractivity contribution in [2.75, 3.05) is 0 Å². The fraction of sp³-hybridized carbons (Fsp3) is 0.429. The topological polar surface area (TPSA) is 35.2 Å². The molecule has 0 aliphatic rings. The van der Waals surface area contributed by atoms with E-state index in [9.17, 15) is 0 Å². The summed E-state index contributed by atoms with van der Waals surface area (Å²) in [4.78, 5) is 0. The van der Waals surface area contributed by atoms with Crippen molar-refractivity contribution in [3.8, 4) is 0 Å². The molecule has 2 N–H and O–H groups in total. The lowest BCUT2D eigenvalue weighted by Gasteiger charge is -2.07. The highest BCUT2D eigenvalue weighted by atomic mass is 16.4. The van der Waals surface area contributed by atoms with Gasteiger partial charge in [0.2, 0.25) is 0 Å². The Kier molecular flexibility index (Phi) is 3.69. The smallest absolute Gasteiger partial charge is 0.336 e. The van der Waals surface area contributed by atoms with Crippen LogP contribution in [-0.2, 0) is 4.65 Å². The first-order valence-corrected chi connectivity index (χ1v) is 3.34. The fourth-order valence-electron chi connectivity index (χ4n) is 0.595. The van der Waals surface area contributed by atoms with Gasteiger partial charge in [0.05, 0.1) is 11.5 Å². The zero-order valence-electron chi connectivity index (χ0n) is 6.90. The van der Waals surface area contributed by atoms with E-state index in [-0.39, 0.29) is 0 Å². The van der Waals surface area contributed by atoms with Crippen molar-refractivity contribution in [2.45, 2.75) is 20.7 Å². The van der Waals surface area contributed by atoms with Crippen molar-refractivity contribution in [3.05, 3.63) is 23.6 Å². The van der Waals surface area contributed by atoms with Crippen LogP contribution in [0.15, 0.2) is 23.6 Å². The molecular formula is C7H14BNO. The van der Waals surface area contributed by atoms with Crippen LogP contribution in [0, 0.1) is 0 Å². The highest BCUT2D eigenvalue weighted by Crippen LogP contribution is 2.06. The van der Waals surface area contributed by atoms with Crippen molar-refractivity contribution < 1.29 is 4.65 Å². The maximum absolute atomic E-state index is 5.60. The number of rotatable bonds is 3. The first-order chi connectivity index (χ1) is 4.59. The van der Waals surface area contributed by atoms with Crippen molar-refractivity contribution in [1.29, 1.82) is 0 Å². The summed E-state index contributed by atoms with van der Waals surface area (Å²) >= 11 is 0. The van der Waals surface area contributed by atoms with Gasteiger partial charge in [0, 0.05) is 0 Å². The van der Waals surface area contributed by atoms with Crippen molar-refractivity contribution >= 4 is 7.48 Å². The summed E-state index contributed by atoms with van der Waals surface area (Å²) in [7, 11) is 0.653. The van der Waals surface area contributed by atoms with Crippen LogP contribution in [0.2, 0.25) is 6.82 Å². The minimum absolute atomic E-state index is 0.653. The largest absolute Gasteiger partial charge is 0.566 e. The van der Waals surface area contributed by atoms with Gasteiger partial charge in [-0.1, -0.05) is 13.4 Å². The number of hydrogen-bond donors (Lipinski definition) is 1. The van der Waals surface area contributed by atoms with E-state index in [1.54, 1.807) is 0 Å². The van der Waals surface area contributed by atoms with Crippen molar-refractivity contribution in [1.82, 2.24) is 0 Å². The third kappa shape index (κ3) is 2.62. The average Bonchev–Trinajstić information content (AvgIpc) is 1.87. The molecule has 0 radical (unpaired) electrons. The lowest BCUT2D eigenvalue weighted by atomic mass is 10.1.